The topological polar surface area (TPSA) is 38.7 Å². The monoisotopic (exact) mass is 637 g/mol. The fourth-order valence-corrected chi connectivity index (χ4v) is 6.76. The summed E-state index contributed by atoms with van der Waals surface area (Å²) in [6.07, 6.45) is 0. The van der Waals surface area contributed by atoms with Crippen molar-refractivity contribution in [3.8, 4) is 67.4 Å². The van der Waals surface area contributed by atoms with E-state index in [1.165, 1.54) is 21.9 Å². The van der Waals surface area contributed by atoms with Crippen LogP contribution in [-0.4, -0.2) is 15.0 Å². The molecule has 0 aliphatic rings. The van der Waals surface area contributed by atoms with Crippen molar-refractivity contribution >= 4 is 21.7 Å². The highest BCUT2D eigenvalue weighted by Crippen LogP contribution is 2.38. The maximum absolute atomic E-state index is 5.19. The Morgan fingerprint density at radius 3 is 1.48 bits per heavy atom. The molecule has 0 fully saturated rings. The average molecular weight is 638 g/mol. The Kier molecular flexibility index (Phi) is 7.49. The van der Waals surface area contributed by atoms with E-state index in [2.05, 4.69) is 170 Å². The summed E-state index contributed by atoms with van der Waals surface area (Å²) in [7, 11) is 0. The highest BCUT2D eigenvalue weighted by atomic mass is 14.9. The molecule has 2 aromatic heterocycles. The number of rotatable bonds is 6. The van der Waals surface area contributed by atoms with Gasteiger partial charge in [0.05, 0.1) is 22.6 Å². The van der Waals surface area contributed by atoms with Crippen molar-refractivity contribution in [1.82, 2.24) is 15.0 Å². The normalized spacial score (nSPS) is 11.2. The molecule has 0 amide bonds. The molecule has 9 rings (SSSR count). The number of pyridine rings is 1. The van der Waals surface area contributed by atoms with Gasteiger partial charge in [0.15, 0.2) is 5.82 Å². The van der Waals surface area contributed by atoms with Crippen LogP contribution in [0.5, 0.6) is 0 Å². The van der Waals surface area contributed by atoms with Crippen LogP contribution < -0.4 is 0 Å². The molecule has 0 radical (unpaired) electrons. The lowest BCUT2D eigenvalue weighted by Gasteiger charge is -2.14. The van der Waals surface area contributed by atoms with Crippen molar-refractivity contribution in [2.24, 2.45) is 0 Å². The predicted molar refractivity (Wildman–Crippen MR) is 207 cm³/mol. The van der Waals surface area contributed by atoms with Gasteiger partial charge in [0.25, 0.3) is 0 Å². The molecule has 0 saturated carbocycles. The molecule has 0 bridgehead atoms. The first-order valence-electron chi connectivity index (χ1n) is 16.9. The maximum atomic E-state index is 5.19. The van der Waals surface area contributed by atoms with Crippen LogP contribution >= 0.6 is 0 Å². The van der Waals surface area contributed by atoms with E-state index in [1.807, 2.05) is 18.2 Å². The van der Waals surface area contributed by atoms with E-state index >= 15 is 0 Å². The summed E-state index contributed by atoms with van der Waals surface area (Å²) in [5.74, 6) is 0.682. The molecular formula is C47H31N3. The van der Waals surface area contributed by atoms with Crippen LogP contribution in [0, 0.1) is 0 Å². The van der Waals surface area contributed by atoms with Crippen LogP contribution in [0.1, 0.15) is 0 Å². The lowest BCUT2D eigenvalue weighted by Crippen LogP contribution is -1.96. The van der Waals surface area contributed by atoms with Gasteiger partial charge < -0.3 is 0 Å². The fourth-order valence-electron chi connectivity index (χ4n) is 6.76. The van der Waals surface area contributed by atoms with Crippen LogP contribution in [0.4, 0.5) is 0 Å². The molecule has 0 aliphatic heterocycles. The zero-order chi connectivity index (χ0) is 33.3. The first kappa shape index (κ1) is 29.4. The third kappa shape index (κ3) is 5.61. The van der Waals surface area contributed by atoms with E-state index in [0.29, 0.717) is 5.82 Å². The van der Waals surface area contributed by atoms with Gasteiger partial charge in [0.2, 0.25) is 0 Å². The Bertz CT molecular complexity index is 2610. The molecule has 234 valence electrons. The van der Waals surface area contributed by atoms with Crippen LogP contribution in [0.15, 0.2) is 188 Å². The number of hydrogen-bond acceptors (Lipinski definition) is 3. The Morgan fingerprint density at radius 2 is 0.800 bits per heavy atom. The van der Waals surface area contributed by atoms with Gasteiger partial charge in [-0.3, -0.25) is 0 Å². The molecule has 9 aromatic rings. The van der Waals surface area contributed by atoms with Gasteiger partial charge in [-0.25, -0.2) is 15.0 Å². The lowest BCUT2D eigenvalue weighted by molar-refractivity contribution is 1.18. The molecule has 3 heteroatoms. The van der Waals surface area contributed by atoms with Gasteiger partial charge in [-0.2, -0.15) is 0 Å². The van der Waals surface area contributed by atoms with E-state index in [-0.39, 0.29) is 0 Å². The summed E-state index contributed by atoms with van der Waals surface area (Å²) in [6.45, 7) is 0. The van der Waals surface area contributed by atoms with Crippen molar-refractivity contribution < 1.29 is 0 Å². The minimum atomic E-state index is 0.682. The molecule has 0 atom stereocenters. The Balaban J connectivity index is 1.21. The first-order valence-corrected chi connectivity index (χ1v) is 16.9. The van der Waals surface area contributed by atoms with Crippen molar-refractivity contribution in [1.29, 1.82) is 0 Å². The second-order valence-electron chi connectivity index (χ2n) is 12.5. The van der Waals surface area contributed by atoms with Crippen molar-refractivity contribution in [2.75, 3.05) is 0 Å². The number of fused-ring (bicyclic) bond motifs is 3. The van der Waals surface area contributed by atoms with Crippen LogP contribution in [0.2, 0.25) is 0 Å². The molecular weight excluding hydrogens is 607 g/mol. The van der Waals surface area contributed by atoms with Crippen molar-refractivity contribution in [3.63, 3.8) is 0 Å². The largest absolute Gasteiger partial charge is 0.248 e. The summed E-state index contributed by atoms with van der Waals surface area (Å²) in [5, 5.41) is 3.51. The molecule has 0 saturated heterocycles. The average Bonchev–Trinajstić information content (AvgIpc) is 3.21. The lowest BCUT2D eigenvalue weighted by atomic mass is 9.93. The third-order valence-corrected chi connectivity index (χ3v) is 9.28. The van der Waals surface area contributed by atoms with Gasteiger partial charge in [-0.05, 0) is 57.3 Å². The van der Waals surface area contributed by atoms with Gasteiger partial charge >= 0.3 is 0 Å². The number of benzene rings is 7. The number of hydrogen-bond donors (Lipinski definition) is 0. The van der Waals surface area contributed by atoms with Crippen LogP contribution in [-0.2, 0) is 0 Å². The van der Waals surface area contributed by atoms with E-state index < -0.39 is 0 Å². The molecule has 0 aliphatic carbocycles. The second kappa shape index (κ2) is 12.7. The Hall–Kier alpha value is -6.71. The van der Waals surface area contributed by atoms with Gasteiger partial charge in [-0.15, -0.1) is 0 Å². The summed E-state index contributed by atoms with van der Waals surface area (Å²) < 4.78 is 0. The minimum Gasteiger partial charge on any atom is -0.248 e. The highest BCUT2D eigenvalue weighted by Gasteiger charge is 2.16. The Morgan fingerprint density at radius 1 is 0.300 bits per heavy atom. The fraction of sp³-hybridized carbons (Fsp3) is 0. The standard InChI is InChI=1S/C47H31N3/c1-4-13-32(14-5-1)33-23-25-37(26-24-33)45-31-44(36-18-8-3-9-19-36)49-47(50-45)39-21-12-20-38(29-39)41-30-43(35-16-6-2-7-17-35)48-42-28-27-34-15-10-11-22-40(34)46(41)42/h1-31H. The maximum Gasteiger partial charge on any atom is 0.160 e. The van der Waals surface area contributed by atoms with Gasteiger partial charge in [0, 0.05) is 27.6 Å². The zero-order valence-electron chi connectivity index (χ0n) is 27.2. The molecule has 7 aromatic carbocycles. The highest BCUT2D eigenvalue weighted by molar-refractivity contribution is 6.14. The number of aromatic nitrogens is 3. The van der Waals surface area contributed by atoms with E-state index in [9.17, 15) is 0 Å². The van der Waals surface area contributed by atoms with E-state index in [0.717, 1.165) is 61.4 Å². The molecule has 0 N–H and O–H groups in total. The second-order valence-corrected chi connectivity index (χ2v) is 12.5. The van der Waals surface area contributed by atoms with Crippen molar-refractivity contribution in [3.05, 3.63) is 188 Å². The predicted octanol–water partition coefficient (Wildman–Crippen LogP) is 12.2. The molecule has 0 unspecified atom stereocenters. The van der Waals surface area contributed by atoms with E-state index in [4.69, 9.17) is 15.0 Å². The summed E-state index contributed by atoms with van der Waals surface area (Å²) in [4.78, 5) is 15.5. The smallest absolute Gasteiger partial charge is 0.160 e. The van der Waals surface area contributed by atoms with Crippen molar-refractivity contribution in [2.45, 2.75) is 0 Å². The Labute approximate surface area is 291 Å². The van der Waals surface area contributed by atoms with Crippen LogP contribution in [0.3, 0.4) is 0 Å². The SMILES string of the molecule is c1ccc(-c2ccc(-c3cc(-c4ccccc4)nc(-c4cccc(-c5cc(-c6ccccc6)nc6ccc7ccccc7c56)c4)n3)cc2)cc1. The molecule has 0 spiro atoms. The first-order chi connectivity index (χ1) is 24.8. The minimum absolute atomic E-state index is 0.682. The summed E-state index contributed by atoms with van der Waals surface area (Å²) in [5.41, 5.74) is 12.4. The van der Waals surface area contributed by atoms with E-state index in [1.54, 1.807) is 0 Å². The summed E-state index contributed by atoms with van der Waals surface area (Å²) in [6, 6.07) is 65.6. The molecule has 50 heavy (non-hydrogen) atoms. The van der Waals surface area contributed by atoms with Gasteiger partial charge in [-0.1, -0.05) is 164 Å². The zero-order valence-corrected chi connectivity index (χ0v) is 27.2. The quantitative estimate of drug-likeness (QED) is 0.170. The summed E-state index contributed by atoms with van der Waals surface area (Å²) >= 11 is 0. The molecule has 2 heterocycles. The van der Waals surface area contributed by atoms with Gasteiger partial charge in [0.1, 0.15) is 0 Å². The number of nitrogens with zero attached hydrogens (tertiary/aromatic N) is 3. The third-order valence-electron chi connectivity index (χ3n) is 9.28. The van der Waals surface area contributed by atoms with Crippen LogP contribution in [0.25, 0.3) is 89.1 Å². The molecule has 3 nitrogen and oxygen atoms in total.